The Labute approximate surface area is 506 Å². The molecule has 1 aromatic rings. The highest BCUT2D eigenvalue weighted by atomic mass is 16.4. The van der Waals surface area contributed by atoms with Crippen molar-refractivity contribution >= 4 is 88.2 Å². The number of aliphatic imine (C=N–C) groups is 2. The standard InChI is InChI=1S/C58H93N13O16/c1-6-32(2)39(52(60)83)29-49(78)42(26-36-14-8-7-9-15-36)69-53(84)33(3)24-45(74)43(30-51(81)82)70-54(85)34(4)25-46(75)44(31-72)71-56(87)38(17-12-22-65-57(61)62)28-47(76)40(18-13-23-66-58(63)64)68-55(86)37(16-10-11-21-59)27-48(77)41(67-35(5)73)19-20-50(79)80/h7-9,14-15,32-34,37-44,72H,6,10-13,16-31,59H2,1-5H3,(H2,60,83)(H,67,73)(H,68,86)(H,69,84)(H,70,85)(H,71,87)(H,79,80)(H,81,82)(H4,61,62,65)(H4,63,64,66)/t32-,33+,34+,37+,38+,39-,40-,41-,42-,43-,44-/m0/s1. The number of aliphatic hydroxyl groups excluding tert-OH is 1. The third-order valence-electron chi connectivity index (χ3n) is 14.7. The van der Waals surface area contributed by atoms with Gasteiger partial charge in [0.05, 0.1) is 37.2 Å². The number of aliphatic carboxylic acids is 2. The number of nitrogens with zero attached hydrogens (tertiary/aromatic N) is 2. The molecule has 1 aromatic carbocycles. The molecular formula is C58H93N13O16. The molecule has 0 bridgehead atoms. The molecule has 0 aliphatic heterocycles. The quantitative estimate of drug-likeness (QED) is 0.0205. The number of primary amides is 1. The van der Waals surface area contributed by atoms with Gasteiger partial charge in [0, 0.05) is 88.1 Å². The van der Waals surface area contributed by atoms with Crippen molar-refractivity contribution in [2.75, 3.05) is 26.2 Å². The Bertz CT molecular complexity index is 2560. The fourth-order valence-corrected chi connectivity index (χ4v) is 9.40. The van der Waals surface area contributed by atoms with E-state index in [2.05, 4.69) is 36.6 Å². The fraction of sp³-hybridized carbons (Fsp3) is 0.638. The second kappa shape index (κ2) is 41.0. The molecule has 0 spiro atoms. The monoisotopic (exact) mass is 1230 g/mol. The number of carbonyl (C=O) groups excluding carboxylic acids is 11. The van der Waals surface area contributed by atoms with Gasteiger partial charge >= 0.3 is 11.9 Å². The third kappa shape index (κ3) is 31.1. The summed E-state index contributed by atoms with van der Waals surface area (Å²) in [6.45, 7) is 6.64. The first kappa shape index (κ1) is 76.8. The molecular weight excluding hydrogens is 1130 g/mol. The zero-order valence-corrected chi connectivity index (χ0v) is 50.6. The maximum Gasteiger partial charge on any atom is 0.305 e. The van der Waals surface area contributed by atoms with E-state index in [0.717, 1.165) is 6.92 Å². The Kier molecular flexibility index (Phi) is 36.2. The molecule has 20 N–H and O–H groups in total. The molecule has 29 heteroatoms. The lowest BCUT2D eigenvalue weighted by Crippen LogP contribution is -2.50. The number of guanidine groups is 2. The number of amides is 6. The summed E-state index contributed by atoms with van der Waals surface area (Å²) in [6, 6.07) is 1.63. The zero-order valence-electron chi connectivity index (χ0n) is 50.6. The smallest absolute Gasteiger partial charge is 0.305 e. The van der Waals surface area contributed by atoms with Crippen LogP contribution in [0, 0.1) is 35.5 Å². The first-order valence-corrected chi connectivity index (χ1v) is 29.2. The van der Waals surface area contributed by atoms with Crippen molar-refractivity contribution in [1.82, 2.24) is 26.6 Å². The third-order valence-corrected chi connectivity index (χ3v) is 14.7. The molecule has 0 aliphatic carbocycles. The highest BCUT2D eigenvalue weighted by molar-refractivity contribution is 5.99. The molecule has 87 heavy (non-hydrogen) atoms. The molecule has 11 atom stereocenters. The van der Waals surface area contributed by atoms with Crippen LogP contribution in [0.15, 0.2) is 40.3 Å². The van der Waals surface area contributed by atoms with E-state index in [4.69, 9.17) is 34.4 Å². The van der Waals surface area contributed by atoms with E-state index in [1.54, 1.807) is 37.3 Å². The Balaban J connectivity index is 3.41. The van der Waals surface area contributed by atoms with Crippen LogP contribution in [0.2, 0.25) is 0 Å². The van der Waals surface area contributed by atoms with Gasteiger partial charge in [0.25, 0.3) is 0 Å². The Morgan fingerprint density at radius 3 is 1.41 bits per heavy atom. The van der Waals surface area contributed by atoms with Gasteiger partial charge in [0.2, 0.25) is 35.4 Å². The number of benzene rings is 1. The van der Waals surface area contributed by atoms with E-state index < -0.39 is 181 Å². The average molecular weight is 1230 g/mol. The summed E-state index contributed by atoms with van der Waals surface area (Å²) in [5.41, 5.74) is 34.0. The van der Waals surface area contributed by atoms with Crippen LogP contribution >= 0.6 is 0 Å². The van der Waals surface area contributed by atoms with E-state index in [0.29, 0.717) is 24.8 Å². The number of carboxylic acids is 2. The maximum absolute atomic E-state index is 14.4. The van der Waals surface area contributed by atoms with Crippen LogP contribution in [0.4, 0.5) is 0 Å². The summed E-state index contributed by atoms with van der Waals surface area (Å²) in [5, 5.41) is 42.0. The fourth-order valence-electron chi connectivity index (χ4n) is 9.40. The van der Waals surface area contributed by atoms with Gasteiger partial charge in [-0.25, -0.2) is 0 Å². The van der Waals surface area contributed by atoms with Crippen LogP contribution in [0.1, 0.15) is 143 Å². The molecule has 0 heterocycles. The number of carbonyl (C=O) groups is 13. The number of hydrogen-bond donors (Lipinski definition) is 14. The average Bonchev–Trinajstić information content (AvgIpc) is 3.57. The lowest BCUT2D eigenvalue weighted by Gasteiger charge is -2.26. The summed E-state index contributed by atoms with van der Waals surface area (Å²) in [5.74, 6) is -17.4. The molecule has 0 aromatic heterocycles. The van der Waals surface area contributed by atoms with E-state index in [-0.39, 0.29) is 88.8 Å². The van der Waals surface area contributed by atoms with Gasteiger partial charge in [-0.05, 0) is 69.4 Å². The largest absolute Gasteiger partial charge is 0.481 e. The van der Waals surface area contributed by atoms with Crippen molar-refractivity contribution in [1.29, 1.82) is 0 Å². The van der Waals surface area contributed by atoms with Crippen molar-refractivity contribution in [3.05, 3.63) is 35.9 Å². The molecule has 29 nitrogen and oxygen atoms in total. The second-order valence-corrected chi connectivity index (χ2v) is 22.0. The number of nitrogens with one attached hydrogen (secondary N) is 5. The lowest BCUT2D eigenvalue weighted by molar-refractivity contribution is -0.141. The van der Waals surface area contributed by atoms with Gasteiger partial charge in [-0.15, -0.1) is 0 Å². The van der Waals surface area contributed by atoms with Crippen LogP contribution in [-0.4, -0.2) is 160 Å². The van der Waals surface area contributed by atoms with Crippen LogP contribution in [0.3, 0.4) is 0 Å². The highest BCUT2D eigenvalue weighted by Crippen LogP contribution is 2.23. The summed E-state index contributed by atoms with van der Waals surface area (Å²) in [4.78, 5) is 180. The normalized spacial score (nSPS) is 14.8. The Morgan fingerprint density at radius 1 is 0.506 bits per heavy atom. The summed E-state index contributed by atoms with van der Waals surface area (Å²) < 4.78 is 0. The zero-order chi connectivity index (χ0) is 65.9. The number of rotatable bonds is 47. The topological polar surface area (TPSA) is 524 Å². The number of carboxylic acid groups (broad SMARTS) is 2. The number of hydrogen-bond acceptors (Lipinski definition) is 17. The molecule has 0 aliphatic rings. The number of nitrogens with two attached hydrogens (primary N) is 6. The van der Waals surface area contributed by atoms with Crippen LogP contribution in [-0.2, 0) is 68.7 Å². The Hall–Kier alpha value is -8.21. The van der Waals surface area contributed by atoms with E-state index in [1.165, 1.54) is 13.8 Å². The van der Waals surface area contributed by atoms with E-state index in [9.17, 15) is 77.6 Å². The number of unbranched alkanes of at least 4 members (excludes halogenated alkanes) is 1. The van der Waals surface area contributed by atoms with Crippen molar-refractivity contribution < 1.29 is 77.6 Å². The van der Waals surface area contributed by atoms with E-state index in [1.807, 2.05) is 6.92 Å². The first-order valence-electron chi connectivity index (χ1n) is 29.2. The van der Waals surface area contributed by atoms with Gasteiger partial charge < -0.3 is 76.3 Å². The molecule has 6 amide bonds. The molecule has 1 rings (SSSR count). The van der Waals surface area contributed by atoms with Crippen molar-refractivity contribution in [3.63, 3.8) is 0 Å². The summed E-state index contributed by atoms with van der Waals surface area (Å²) in [7, 11) is 0. The van der Waals surface area contributed by atoms with Crippen LogP contribution in [0.5, 0.6) is 0 Å². The molecule has 0 saturated heterocycles. The minimum Gasteiger partial charge on any atom is -0.481 e. The number of ketones is 5. The summed E-state index contributed by atoms with van der Waals surface area (Å²) in [6.07, 6.45) is -2.63. The van der Waals surface area contributed by atoms with Crippen molar-refractivity contribution in [2.45, 2.75) is 174 Å². The SMILES string of the molecule is CC[C@H](C)[C@H](CC(=O)[C@H](Cc1ccccc1)NC(=O)[C@H](C)CC(=O)[C@H](CC(=O)O)NC(=O)[C@H](C)CC(=O)[C@H](CO)NC(=O)[C@H](CCCN=C(N)N)CC(=O)[C@H](CCCN=C(N)N)NC(=O)[C@H](CCCCN)CC(=O)[C@H](CCC(=O)O)NC(C)=O)C(N)=O. The number of Topliss-reactive ketones (excluding diaryl/α,β-unsaturated/α-hetero) is 5. The lowest BCUT2D eigenvalue weighted by atomic mass is 9.84. The predicted octanol–water partition coefficient (Wildman–Crippen LogP) is -1.31. The highest BCUT2D eigenvalue weighted by Gasteiger charge is 2.36. The molecule has 0 unspecified atom stereocenters. The van der Waals surface area contributed by atoms with Crippen molar-refractivity contribution in [2.24, 2.45) is 79.9 Å². The van der Waals surface area contributed by atoms with Crippen LogP contribution in [0.25, 0.3) is 0 Å². The minimum atomic E-state index is -1.70. The minimum absolute atomic E-state index is 0.00913. The van der Waals surface area contributed by atoms with E-state index >= 15 is 0 Å². The van der Waals surface area contributed by atoms with Crippen molar-refractivity contribution in [3.8, 4) is 0 Å². The van der Waals surface area contributed by atoms with Crippen LogP contribution < -0.4 is 61.0 Å². The second-order valence-electron chi connectivity index (χ2n) is 22.0. The first-order chi connectivity index (χ1) is 40.9. The summed E-state index contributed by atoms with van der Waals surface area (Å²) >= 11 is 0. The molecule has 0 saturated carbocycles. The maximum atomic E-state index is 14.4. The van der Waals surface area contributed by atoms with Gasteiger partial charge in [-0.2, -0.15) is 0 Å². The van der Waals surface area contributed by atoms with Gasteiger partial charge in [-0.1, -0.05) is 70.9 Å². The van der Waals surface area contributed by atoms with Gasteiger partial charge in [-0.3, -0.25) is 72.3 Å². The van der Waals surface area contributed by atoms with Gasteiger partial charge in [0.15, 0.2) is 40.8 Å². The molecule has 486 valence electrons. The van der Waals surface area contributed by atoms with Gasteiger partial charge in [0.1, 0.15) is 6.04 Å². The number of aliphatic hydroxyl groups is 1. The molecule has 0 fully saturated rings. The molecule has 0 radical (unpaired) electrons. The Morgan fingerprint density at radius 2 is 0.954 bits per heavy atom. The predicted molar refractivity (Wildman–Crippen MR) is 320 cm³/mol.